The highest BCUT2D eigenvalue weighted by Crippen LogP contribution is 2.13. The van der Waals surface area contributed by atoms with Gasteiger partial charge in [-0.25, -0.2) is 0 Å². The Kier molecular flexibility index (Phi) is 3.16. The molecule has 0 atom stereocenters. The van der Waals surface area contributed by atoms with Crippen molar-refractivity contribution in [2.24, 2.45) is 0 Å². The van der Waals surface area contributed by atoms with Crippen molar-refractivity contribution in [3.05, 3.63) is 18.2 Å². The fraction of sp³-hybridized carbons (Fsp3) is 0.250. The Hall–Kier alpha value is -1.20. The number of benzene rings is 1. The van der Waals surface area contributed by atoms with Crippen LogP contribution in [0.1, 0.15) is 6.92 Å². The van der Waals surface area contributed by atoms with E-state index in [-0.39, 0.29) is 0 Å². The van der Waals surface area contributed by atoms with Crippen molar-refractivity contribution in [3.8, 4) is 5.75 Å². The molecule has 0 aliphatic heterocycles. The first kappa shape index (κ1) is 9.89. The molecule has 1 rings (SSSR count). The molecule has 4 N–H and O–H groups in total. The highest BCUT2D eigenvalue weighted by atomic mass is 16.5. The predicted molar refractivity (Wildman–Crippen MR) is 51.8 cm³/mol. The Bertz CT molecular complexity index is 291. The zero-order chi connectivity index (χ0) is 9.84. The van der Waals surface area contributed by atoms with Gasteiger partial charge < -0.3 is 20.5 Å². The van der Waals surface area contributed by atoms with Gasteiger partial charge in [0.05, 0.1) is 6.61 Å². The van der Waals surface area contributed by atoms with Gasteiger partial charge >= 0.3 is 7.12 Å². The Morgan fingerprint density at radius 1 is 1.38 bits per heavy atom. The molecule has 0 radical (unpaired) electrons. The zero-order valence-corrected chi connectivity index (χ0v) is 7.40. The molecule has 0 amide bonds. The molecule has 0 unspecified atom stereocenters. The minimum Gasteiger partial charge on any atom is -0.494 e. The summed E-state index contributed by atoms with van der Waals surface area (Å²) < 4.78 is 5.18. The monoisotopic (exact) mass is 181 g/mol. The fourth-order valence-corrected chi connectivity index (χ4v) is 1.05. The molecule has 0 fully saturated rings. The molecule has 1 aromatic rings. The number of hydrogen-bond donors (Lipinski definition) is 3. The number of hydrogen-bond acceptors (Lipinski definition) is 4. The molecule has 13 heavy (non-hydrogen) atoms. The van der Waals surface area contributed by atoms with Crippen LogP contribution in [0.2, 0.25) is 0 Å². The van der Waals surface area contributed by atoms with E-state index < -0.39 is 7.12 Å². The summed E-state index contributed by atoms with van der Waals surface area (Å²) >= 11 is 0. The molecule has 0 bridgehead atoms. The van der Waals surface area contributed by atoms with Gasteiger partial charge in [0.25, 0.3) is 0 Å². The number of anilines is 1. The molecular formula is C8H12BNO3. The minimum atomic E-state index is -1.51. The van der Waals surface area contributed by atoms with E-state index >= 15 is 0 Å². The Morgan fingerprint density at radius 2 is 2.08 bits per heavy atom. The molecule has 5 heteroatoms. The van der Waals surface area contributed by atoms with Crippen LogP contribution in [0.15, 0.2) is 18.2 Å². The van der Waals surface area contributed by atoms with Crippen LogP contribution in [0.3, 0.4) is 0 Å². The summed E-state index contributed by atoms with van der Waals surface area (Å²) in [6.07, 6.45) is 0. The van der Waals surface area contributed by atoms with Crippen molar-refractivity contribution in [2.75, 3.05) is 12.3 Å². The lowest BCUT2D eigenvalue weighted by molar-refractivity contribution is 0.340. The first-order valence-corrected chi connectivity index (χ1v) is 4.03. The topological polar surface area (TPSA) is 75.7 Å². The average molecular weight is 181 g/mol. The summed E-state index contributed by atoms with van der Waals surface area (Å²) in [6, 6.07) is 4.67. The number of ether oxygens (including phenoxy) is 1. The third kappa shape index (κ3) is 2.64. The minimum absolute atomic E-state index is 0.337. The standard InChI is InChI=1S/C8H12BNO3/c1-2-13-8-4-6(9(11)12)3-7(10)5-8/h3-5,11-12H,2,10H2,1H3. The van der Waals surface area contributed by atoms with Gasteiger partial charge in [0.1, 0.15) is 5.75 Å². The molecule has 0 saturated carbocycles. The lowest BCUT2D eigenvalue weighted by Crippen LogP contribution is -2.30. The van der Waals surface area contributed by atoms with Gasteiger partial charge in [-0.15, -0.1) is 0 Å². The second-order valence-corrected chi connectivity index (χ2v) is 2.64. The van der Waals surface area contributed by atoms with E-state index in [1.807, 2.05) is 6.92 Å². The summed E-state index contributed by atoms with van der Waals surface area (Å²) in [5.74, 6) is 0.547. The molecule has 70 valence electrons. The summed E-state index contributed by atoms with van der Waals surface area (Å²) in [4.78, 5) is 0. The molecule has 0 saturated heterocycles. The van der Waals surface area contributed by atoms with E-state index in [2.05, 4.69) is 0 Å². The number of nitrogen functional groups attached to an aromatic ring is 1. The van der Waals surface area contributed by atoms with Gasteiger partial charge in [-0.3, -0.25) is 0 Å². The van der Waals surface area contributed by atoms with E-state index in [1.54, 1.807) is 12.1 Å². The van der Waals surface area contributed by atoms with Crippen LogP contribution in [-0.4, -0.2) is 23.8 Å². The SMILES string of the molecule is CCOc1cc(N)cc(B(O)O)c1. The largest absolute Gasteiger partial charge is 0.494 e. The van der Waals surface area contributed by atoms with E-state index in [4.69, 9.17) is 20.5 Å². The molecule has 0 aromatic heterocycles. The summed E-state index contributed by atoms with van der Waals surface area (Å²) in [6.45, 7) is 2.36. The maximum absolute atomic E-state index is 8.89. The molecule has 0 aliphatic rings. The Labute approximate surface area is 77.1 Å². The van der Waals surface area contributed by atoms with Gasteiger partial charge in [0.2, 0.25) is 0 Å². The highest BCUT2D eigenvalue weighted by Gasteiger charge is 2.12. The van der Waals surface area contributed by atoms with E-state index in [1.165, 1.54) is 6.07 Å². The van der Waals surface area contributed by atoms with Crippen molar-refractivity contribution < 1.29 is 14.8 Å². The average Bonchev–Trinajstić information content (AvgIpc) is 2.03. The maximum atomic E-state index is 8.89. The predicted octanol–water partition coefficient (Wildman–Crippen LogP) is -0.653. The van der Waals surface area contributed by atoms with Crippen molar-refractivity contribution in [3.63, 3.8) is 0 Å². The second kappa shape index (κ2) is 4.16. The normalized spacial score (nSPS) is 9.77. The Balaban J connectivity index is 2.96. The van der Waals surface area contributed by atoms with E-state index in [0.29, 0.717) is 23.5 Å². The Morgan fingerprint density at radius 3 is 2.62 bits per heavy atom. The quantitative estimate of drug-likeness (QED) is 0.427. The fourth-order valence-electron chi connectivity index (χ4n) is 1.05. The van der Waals surface area contributed by atoms with Gasteiger partial charge in [-0.2, -0.15) is 0 Å². The zero-order valence-electron chi connectivity index (χ0n) is 7.40. The molecule has 1 aromatic carbocycles. The third-order valence-electron chi connectivity index (χ3n) is 1.56. The first-order valence-electron chi connectivity index (χ1n) is 4.03. The number of nitrogens with two attached hydrogens (primary N) is 1. The van der Waals surface area contributed by atoms with Gasteiger partial charge in [-0.1, -0.05) is 0 Å². The molecular weight excluding hydrogens is 169 g/mol. The van der Waals surface area contributed by atoms with Crippen molar-refractivity contribution >= 4 is 18.3 Å². The van der Waals surface area contributed by atoms with Crippen LogP contribution >= 0.6 is 0 Å². The summed E-state index contributed by atoms with van der Waals surface area (Å²) in [5.41, 5.74) is 6.31. The lowest BCUT2D eigenvalue weighted by atomic mass is 9.80. The van der Waals surface area contributed by atoms with Crippen molar-refractivity contribution in [1.29, 1.82) is 0 Å². The van der Waals surface area contributed by atoms with Crippen molar-refractivity contribution in [1.82, 2.24) is 0 Å². The van der Waals surface area contributed by atoms with Crippen LogP contribution in [0, 0.1) is 0 Å². The third-order valence-corrected chi connectivity index (χ3v) is 1.56. The molecule has 0 spiro atoms. The van der Waals surface area contributed by atoms with Crippen LogP contribution in [-0.2, 0) is 0 Å². The van der Waals surface area contributed by atoms with Crippen LogP contribution < -0.4 is 15.9 Å². The van der Waals surface area contributed by atoms with Gasteiger partial charge in [-0.05, 0) is 24.5 Å². The van der Waals surface area contributed by atoms with Crippen molar-refractivity contribution in [2.45, 2.75) is 6.92 Å². The molecule has 4 nitrogen and oxygen atoms in total. The molecule has 0 heterocycles. The van der Waals surface area contributed by atoms with Gasteiger partial charge in [0.15, 0.2) is 0 Å². The summed E-state index contributed by atoms with van der Waals surface area (Å²) in [5, 5.41) is 17.8. The lowest BCUT2D eigenvalue weighted by Gasteiger charge is -2.07. The second-order valence-electron chi connectivity index (χ2n) is 2.64. The smallest absolute Gasteiger partial charge is 0.488 e. The molecule has 0 aliphatic carbocycles. The van der Waals surface area contributed by atoms with E-state index in [9.17, 15) is 0 Å². The van der Waals surface area contributed by atoms with Gasteiger partial charge in [0, 0.05) is 11.8 Å². The highest BCUT2D eigenvalue weighted by molar-refractivity contribution is 6.58. The number of rotatable bonds is 3. The maximum Gasteiger partial charge on any atom is 0.488 e. The van der Waals surface area contributed by atoms with Crippen LogP contribution in [0.4, 0.5) is 5.69 Å². The van der Waals surface area contributed by atoms with Crippen LogP contribution in [0.5, 0.6) is 5.75 Å². The summed E-state index contributed by atoms with van der Waals surface area (Å²) in [7, 11) is -1.51. The van der Waals surface area contributed by atoms with E-state index in [0.717, 1.165) is 0 Å². The first-order chi connectivity index (χ1) is 6.13. The van der Waals surface area contributed by atoms with Crippen LogP contribution in [0.25, 0.3) is 0 Å².